The van der Waals surface area contributed by atoms with Crippen molar-refractivity contribution < 1.29 is 22.2 Å². The molecule has 1 aromatic heterocycles. The lowest BCUT2D eigenvalue weighted by Crippen LogP contribution is -2.35. The quantitative estimate of drug-likeness (QED) is 0.550. The first-order chi connectivity index (χ1) is 14.9. The van der Waals surface area contributed by atoms with Crippen molar-refractivity contribution >= 4 is 39.3 Å². The fourth-order valence-electron chi connectivity index (χ4n) is 4.58. The summed E-state index contributed by atoms with van der Waals surface area (Å²) in [5.74, 6) is -0.305. The van der Waals surface area contributed by atoms with E-state index in [0.29, 0.717) is 40.1 Å². The first-order valence-corrected chi connectivity index (χ1v) is 11.8. The summed E-state index contributed by atoms with van der Waals surface area (Å²) in [6.07, 6.45) is 6.96. The molecule has 1 aromatic carbocycles. The number of fused-ring (bicyclic) bond motifs is 3. The Morgan fingerprint density at radius 1 is 1.19 bits per heavy atom. The summed E-state index contributed by atoms with van der Waals surface area (Å²) in [7, 11) is -3.83. The van der Waals surface area contributed by atoms with Gasteiger partial charge in [-0.15, -0.1) is 0 Å². The summed E-state index contributed by atoms with van der Waals surface area (Å²) in [6, 6.07) is 3.06. The molecular formula is C22H23N3O5S. The Morgan fingerprint density at radius 3 is 2.74 bits per heavy atom. The van der Waals surface area contributed by atoms with Gasteiger partial charge in [0.05, 0.1) is 22.6 Å². The van der Waals surface area contributed by atoms with Crippen LogP contribution in [0.5, 0.6) is 0 Å². The van der Waals surface area contributed by atoms with Crippen LogP contribution < -0.4 is 5.32 Å². The molecule has 31 heavy (non-hydrogen) atoms. The number of H-pyrrole nitrogens is 1. The lowest BCUT2D eigenvalue weighted by Gasteiger charge is -2.26. The summed E-state index contributed by atoms with van der Waals surface area (Å²) in [6.45, 7) is 3.42. The van der Waals surface area contributed by atoms with Gasteiger partial charge in [0.25, 0.3) is 21.9 Å². The number of nitrogens with zero attached hydrogens (tertiary/aromatic N) is 1. The molecule has 0 unspecified atom stereocenters. The average Bonchev–Trinajstić information content (AvgIpc) is 3.28. The second-order valence-corrected chi connectivity index (χ2v) is 9.68. The lowest BCUT2D eigenvalue weighted by molar-refractivity contribution is -0.110. The van der Waals surface area contributed by atoms with Crippen molar-refractivity contribution in [2.24, 2.45) is 0 Å². The van der Waals surface area contributed by atoms with Crippen molar-refractivity contribution in [3.05, 3.63) is 46.3 Å². The fraction of sp³-hybridized carbons (Fsp3) is 0.364. The highest BCUT2D eigenvalue weighted by atomic mass is 32.2. The van der Waals surface area contributed by atoms with Crippen molar-refractivity contribution in [3.8, 4) is 0 Å². The number of rotatable bonds is 2. The third-order valence-electron chi connectivity index (χ3n) is 6.23. The van der Waals surface area contributed by atoms with Crippen LogP contribution in [-0.2, 0) is 25.5 Å². The SMILES string of the molecule is Cc1c(C(=O)N2CCCCC2)c[nH]c1/C=C1\C(=O)Nc2ccc3c(c21)CCOS3(=O)=O. The minimum atomic E-state index is -3.83. The monoisotopic (exact) mass is 441 g/mol. The van der Waals surface area contributed by atoms with Gasteiger partial charge >= 0.3 is 0 Å². The number of aromatic amines is 1. The zero-order valence-corrected chi connectivity index (χ0v) is 18.0. The second kappa shape index (κ2) is 7.35. The zero-order valence-electron chi connectivity index (χ0n) is 17.2. The number of nitrogens with one attached hydrogen (secondary N) is 2. The highest BCUT2D eigenvalue weighted by Gasteiger charge is 2.34. The van der Waals surface area contributed by atoms with Crippen molar-refractivity contribution in [2.75, 3.05) is 25.0 Å². The molecule has 0 aliphatic carbocycles. The van der Waals surface area contributed by atoms with E-state index in [0.717, 1.165) is 37.9 Å². The molecule has 2 aromatic rings. The molecule has 0 radical (unpaired) electrons. The second-order valence-electron chi connectivity index (χ2n) is 8.10. The van der Waals surface area contributed by atoms with Crippen LogP contribution in [0, 0.1) is 6.92 Å². The van der Waals surface area contributed by atoms with Crippen LogP contribution in [0.2, 0.25) is 0 Å². The summed E-state index contributed by atoms with van der Waals surface area (Å²) in [4.78, 5) is 30.7. The maximum atomic E-state index is 12.9. The first kappa shape index (κ1) is 20.0. The number of benzene rings is 1. The van der Waals surface area contributed by atoms with Crippen molar-refractivity contribution in [3.63, 3.8) is 0 Å². The van der Waals surface area contributed by atoms with Gasteiger partial charge in [0.1, 0.15) is 0 Å². The molecule has 0 saturated carbocycles. The van der Waals surface area contributed by atoms with Gasteiger partial charge in [-0.3, -0.25) is 13.8 Å². The van der Waals surface area contributed by atoms with E-state index >= 15 is 0 Å². The number of anilines is 1. The van der Waals surface area contributed by atoms with E-state index in [9.17, 15) is 18.0 Å². The molecule has 1 fully saturated rings. The molecule has 2 amide bonds. The maximum Gasteiger partial charge on any atom is 0.297 e. The number of likely N-dealkylation sites (tertiary alicyclic amines) is 1. The van der Waals surface area contributed by atoms with Gasteiger partial charge in [-0.25, -0.2) is 0 Å². The Hall–Kier alpha value is -2.91. The molecule has 3 aliphatic heterocycles. The molecule has 8 nitrogen and oxygen atoms in total. The molecular weight excluding hydrogens is 418 g/mol. The van der Waals surface area contributed by atoms with Crippen molar-refractivity contribution in [1.82, 2.24) is 9.88 Å². The number of hydrogen-bond donors (Lipinski definition) is 2. The van der Waals surface area contributed by atoms with Crippen LogP contribution >= 0.6 is 0 Å². The Bertz CT molecular complexity index is 1240. The Balaban J connectivity index is 1.56. The Kier molecular flexibility index (Phi) is 4.75. The summed E-state index contributed by atoms with van der Waals surface area (Å²) < 4.78 is 29.6. The predicted molar refractivity (Wildman–Crippen MR) is 115 cm³/mol. The molecule has 5 rings (SSSR count). The van der Waals surface area contributed by atoms with E-state index in [4.69, 9.17) is 4.18 Å². The average molecular weight is 442 g/mol. The highest BCUT2D eigenvalue weighted by molar-refractivity contribution is 7.86. The molecule has 0 bridgehead atoms. The van der Waals surface area contributed by atoms with Crippen LogP contribution in [0.1, 0.15) is 52.0 Å². The minimum Gasteiger partial charge on any atom is -0.361 e. The van der Waals surface area contributed by atoms with Gasteiger partial charge in [-0.05, 0) is 61.9 Å². The lowest BCUT2D eigenvalue weighted by atomic mass is 9.97. The molecule has 1 saturated heterocycles. The van der Waals surface area contributed by atoms with Crippen LogP contribution in [0.25, 0.3) is 11.6 Å². The number of carbonyl (C=O) groups excluding carboxylic acids is 2. The fourth-order valence-corrected chi connectivity index (χ4v) is 5.75. The predicted octanol–water partition coefficient (Wildman–Crippen LogP) is 2.70. The molecule has 4 heterocycles. The summed E-state index contributed by atoms with van der Waals surface area (Å²) in [5, 5.41) is 2.81. The van der Waals surface area contributed by atoms with E-state index in [2.05, 4.69) is 10.3 Å². The Labute approximate surface area is 180 Å². The number of hydrogen-bond acceptors (Lipinski definition) is 5. The number of carbonyl (C=O) groups is 2. The minimum absolute atomic E-state index is 0.00463. The maximum absolute atomic E-state index is 12.9. The molecule has 3 aliphatic rings. The van der Waals surface area contributed by atoms with Gasteiger partial charge in [0, 0.05) is 36.2 Å². The normalized spacial score (nSPS) is 21.0. The van der Waals surface area contributed by atoms with E-state index in [1.54, 1.807) is 18.3 Å². The van der Waals surface area contributed by atoms with Crippen LogP contribution in [0.15, 0.2) is 23.2 Å². The first-order valence-electron chi connectivity index (χ1n) is 10.4. The summed E-state index contributed by atoms with van der Waals surface area (Å²) in [5.41, 5.74) is 4.16. The molecule has 9 heteroatoms. The number of amides is 2. The zero-order chi connectivity index (χ0) is 21.8. The van der Waals surface area contributed by atoms with Gasteiger partial charge < -0.3 is 15.2 Å². The topological polar surface area (TPSA) is 109 Å². The van der Waals surface area contributed by atoms with Crippen LogP contribution in [0.3, 0.4) is 0 Å². The van der Waals surface area contributed by atoms with Crippen LogP contribution in [-0.4, -0.2) is 49.8 Å². The van der Waals surface area contributed by atoms with Crippen molar-refractivity contribution in [2.45, 2.75) is 37.5 Å². The Morgan fingerprint density at radius 2 is 1.97 bits per heavy atom. The standard InChI is InChI=1S/C22H23N3O5S/c1-13-16(22(27)25-8-3-2-4-9-25)12-23-18(13)11-15-20-14-7-10-30-31(28,29)19(14)6-5-17(20)24-21(15)26/h5-6,11-12,23H,2-4,7-10H2,1H3,(H,24,26)/b15-11-. The van der Waals surface area contributed by atoms with E-state index in [1.807, 2.05) is 11.8 Å². The van der Waals surface area contributed by atoms with Gasteiger partial charge in [-0.1, -0.05) is 0 Å². The molecule has 0 atom stereocenters. The van der Waals surface area contributed by atoms with E-state index in [-0.39, 0.29) is 23.3 Å². The van der Waals surface area contributed by atoms with E-state index < -0.39 is 10.1 Å². The smallest absolute Gasteiger partial charge is 0.297 e. The molecule has 162 valence electrons. The van der Waals surface area contributed by atoms with Crippen LogP contribution in [0.4, 0.5) is 5.69 Å². The third kappa shape index (κ3) is 3.28. The number of piperidine rings is 1. The van der Waals surface area contributed by atoms with E-state index in [1.165, 1.54) is 6.07 Å². The summed E-state index contributed by atoms with van der Waals surface area (Å²) >= 11 is 0. The van der Waals surface area contributed by atoms with Gasteiger partial charge in [0.2, 0.25) is 0 Å². The molecule has 0 spiro atoms. The van der Waals surface area contributed by atoms with Gasteiger partial charge in [-0.2, -0.15) is 8.42 Å². The largest absolute Gasteiger partial charge is 0.361 e. The van der Waals surface area contributed by atoms with Gasteiger partial charge in [0.15, 0.2) is 0 Å². The van der Waals surface area contributed by atoms with Crippen molar-refractivity contribution in [1.29, 1.82) is 0 Å². The third-order valence-corrected chi connectivity index (χ3v) is 7.63. The number of aromatic nitrogens is 1. The molecule has 2 N–H and O–H groups in total. The highest BCUT2D eigenvalue weighted by Crippen LogP contribution is 2.41.